The lowest BCUT2D eigenvalue weighted by molar-refractivity contribution is -0.121. The lowest BCUT2D eigenvalue weighted by Crippen LogP contribution is -2.41. The molecule has 2 heterocycles. The van der Waals surface area contributed by atoms with Crippen molar-refractivity contribution in [2.45, 2.75) is 25.8 Å². The number of fused-ring (bicyclic) bond motifs is 2. The average Bonchev–Trinajstić information content (AvgIpc) is 3.45. The third-order valence-corrected chi connectivity index (χ3v) is 5.36. The Bertz CT molecular complexity index is 1130. The van der Waals surface area contributed by atoms with Crippen LogP contribution in [-0.4, -0.2) is 35.0 Å². The summed E-state index contributed by atoms with van der Waals surface area (Å²) in [7, 11) is 0. The van der Waals surface area contributed by atoms with Gasteiger partial charge in [-0.2, -0.15) is 0 Å². The second-order valence-electron chi connectivity index (χ2n) is 7.65. The Kier molecular flexibility index (Phi) is 4.52. The van der Waals surface area contributed by atoms with E-state index in [1.165, 1.54) is 25.0 Å². The van der Waals surface area contributed by atoms with Gasteiger partial charge in [-0.25, -0.2) is 18.2 Å². The van der Waals surface area contributed by atoms with Crippen molar-refractivity contribution in [1.82, 2.24) is 9.55 Å². The zero-order valence-electron chi connectivity index (χ0n) is 15.9. The van der Waals surface area contributed by atoms with Gasteiger partial charge in [-0.1, -0.05) is 0 Å². The van der Waals surface area contributed by atoms with Crippen molar-refractivity contribution in [1.29, 1.82) is 0 Å². The Labute approximate surface area is 170 Å². The summed E-state index contributed by atoms with van der Waals surface area (Å²) in [5, 5.41) is 3.02. The maximum Gasteiger partial charge on any atom is 0.265 e. The van der Waals surface area contributed by atoms with Crippen LogP contribution in [-0.2, 0) is 11.3 Å². The number of benzene rings is 2. The van der Waals surface area contributed by atoms with Crippen molar-refractivity contribution in [2.75, 3.05) is 23.4 Å². The quantitative estimate of drug-likeness (QED) is 0.650. The molecule has 1 saturated carbocycles. The van der Waals surface area contributed by atoms with E-state index in [1.54, 1.807) is 24.5 Å². The zero-order chi connectivity index (χ0) is 20.8. The number of carbonyl (C=O) groups is 1. The molecule has 0 saturated heterocycles. The summed E-state index contributed by atoms with van der Waals surface area (Å²) in [6.07, 6.45) is 1.48. The normalized spacial score (nSPS) is 16.1. The molecule has 1 N–H and O–H groups in total. The predicted molar refractivity (Wildman–Crippen MR) is 106 cm³/mol. The predicted octanol–water partition coefficient (Wildman–Crippen LogP) is 4.32. The third-order valence-electron chi connectivity index (χ3n) is 5.36. The second kappa shape index (κ2) is 7.23. The van der Waals surface area contributed by atoms with Gasteiger partial charge in [0.25, 0.3) is 12.3 Å². The van der Waals surface area contributed by atoms with E-state index in [1.807, 2.05) is 4.57 Å². The van der Waals surface area contributed by atoms with E-state index in [9.17, 15) is 18.0 Å². The molecule has 0 radical (unpaired) electrons. The molecule has 30 heavy (non-hydrogen) atoms. The topological polar surface area (TPSA) is 59.4 Å². The molecule has 2 aromatic carbocycles. The minimum atomic E-state index is -2.65. The molecule has 9 heteroatoms. The first-order valence-electron chi connectivity index (χ1n) is 9.74. The molecular formula is C21H19F3N4O2. The van der Waals surface area contributed by atoms with E-state index >= 15 is 0 Å². The number of hydrogen-bond donors (Lipinski definition) is 1. The van der Waals surface area contributed by atoms with Gasteiger partial charge >= 0.3 is 0 Å². The first-order chi connectivity index (χ1) is 14.5. The summed E-state index contributed by atoms with van der Waals surface area (Å²) in [5.74, 6) is -0.0303. The molecule has 3 aromatic rings. The fraction of sp³-hybridized carbons (Fsp3) is 0.333. The number of hydrogen-bond acceptors (Lipinski definition) is 4. The Hall–Kier alpha value is -3.23. The molecule has 156 valence electrons. The largest absolute Gasteiger partial charge is 0.481 e. The number of imidazole rings is 1. The summed E-state index contributed by atoms with van der Waals surface area (Å²) in [4.78, 5) is 17.2. The summed E-state index contributed by atoms with van der Waals surface area (Å²) in [6.45, 7) is -0.148. The Balaban J connectivity index is 1.43. The van der Waals surface area contributed by atoms with Gasteiger partial charge in [-0.3, -0.25) is 4.79 Å². The molecule has 6 nitrogen and oxygen atoms in total. The van der Waals surface area contributed by atoms with Crippen molar-refractivity contribution < 1.29 is 22.7 Å². The number of anilines is 3. The second-order valence-corrected chi connectivity index (χ2v) is 7.65. The van der Waals surface area contributed by atoms with Crippen LogP contribution in [0.3, 0.4) is 0 Å². The van der Waals surface area contributed by atoms with Crippen molar-refractivity contribution >= 4 is 34.0 Å². The highest BCUT2D eigenvalue weighted by Crippen LogP contribution is 2.37. The van der Waals surface area contributed by atoms with Crippen LogP contribution in [0.15, 0.2) is 36.7 Å². The van der Waals surface area contributed by atoms with Gasteiger partial charge in [0.15, 0.2) is 6.61 Å². The van der Waals surface area contributed by atoms with E-state index in [0.29, 0.717) is 22.9 Å². The van der Waals surface area contributed by atoms with Crippen LogP contribution in [0.2, 0.25) is 0 Å². The van der Waals surface area contributed by atoms with Crippen LogP contribution in [0, 0.1) is 11.7 Å². The van der Waals surface area contributed by atoms with Crippen molar-refractivity contribution in [2.24, 2.45) is 5.92 Å². The van der Waals surface area contributed by atoms with Crippen LogP contribution >= 0.6 is 0 Å². The summed E-state index contributed by atoms with van der Waals surface area (Å²) < 4.78 is 47.7. The van der Waals surface area contributed by atoms with Crippen LogP contribution in [0.5, 0.6) is 5.75 Å². The zero-order valence-corrected chi connectivity index (χ0v) is 15.9. The molecule has 1 amide bonds. The van der Waals surface area contributed by atoms with Crippen LogP contribution < -0.4 is 15.0 Å². The highest BCUT2D eigenvalue weighted by atomic mass is 19.3. The number of rotatable bonds is 6. The fourth-order valence-electron chi connectivity index (χ4n) is 3.67. The Morgan fingerprint density at radius 2 is 2.07 bits per heavy atom. The number of nitrogens with zero attached hydrogens (tertiary/aromatic N) is 3. The molecule has 0 atom stereocenters. The minimum Gasteiger partial charge on any atom is -0.481 e. The number of amides is 1. The Morgan fingerprint density at radius 1 is 1.23 bits per heavy atom. The molecule has 1 aromatic heterocycles. The lowest BCUT2D eigenvalue weighted by atomic mass is 10.2. The van der Waals surface area contributed by atoms with Gasteiger partial charge in [0.1, 0.15) is 11.6 Å². The molecule has 1 fully saturated rings. The van der Waals surface area contributed by atoms with Crippen LogP contribution in [0.4, 0.5) is 30.2 Å². The van der Waals surface area contributed by atoms with Crippen LogP contribution in [0.25, 0.3) is 11.0 Å². The van der Waals surface area contributed by atoms with Gasteiger partial charge in [-0.15, -0.1) is 0 Å². The van der Waals surface area contributed by atoms with Crippen molar-refractivity contribution in [3.8, 4) is 5.75 Å². The molecule has 0 spiro atoms. The number of aromatic nitrogens is 2. The number of nitrogens with one attached hydrogen (secondary N) is 1. The van der Waals surface area contributed by atoms with Gasteiger partial charge in [0.05, 0.1) is 35.3 Å². The highest BCUT2D eigenvalue weighted by molar-refractivity contribution is 5.98. The monoisotopic (exact) mass is 416 g/mol. The van der Waals surface area contributed by atoms with Crippen molar-refractivity contribution in [3.05, 3.63) is 42.5 Å². The average molecular weight is 416 g/mol. The lowest BCUT2D eigenvalue weighted by Gasteiger charge is -2.29. The Morgan fingerprint density at radius 3 is 2.83 bits per heavy atom. The first-order valence-corrected chi connectivity index (χ1v) is 9.74. The van der Waals surface area contributed by atoms with Gasteiger partial charge in [0.2, 0.25) is 0 Å². The summed E-state index contributed by atoms with van der Waals surface area (Å²) >= 11 is 0. The molecule has 1 aliphatic heterocycles. The summed E-state index contributed by atoms with van der Waals surface area (Å²) in [5.41, 5.74) is 2.50. The third kappa shape index (κ3) is 3.55. The SMILES string of the molecule is O=C1COc2cc(Nc3cc4c(cc3F)ncn4CC3CC3)ccc2N1CC(F)F. The minimum absolute atomic E-state index is 0.274. The molecular weight excluding hydrogens is 397 g/mol. The standard InChI is InChI=1S/C21H19F3N4O2/c22-14-6-16-18(27(11-25-16)8-12-1-2-12)7-15(14)26-13-3-4-17-19(5-13)30-10-21(29)28(17)9-20(23)24/h3-7,11-12,20,26H,1-2,8-10H2. The van der Waals surface area contributed by atoms with Gasteiger partial charge in [-0.05, 0) is 37.0 Å². The van der Waals surface area contributed by atoms with Crippen molar-refractivity contribution in [3.63, 3.8) is 0 Å². The maximum absolute atomic E-state index is 14.6. The highest BCUT2D eigenvalue weighted by Gasteiger charge is 2.28. The molecule has 2 aliphatic rings. The van der Waals surface area contributed by atoms with E-state index < -0.39 is 24.7 Å². The van der Waals surface area contributed by atoms with E-state index in [-0.39, 0.29) is 18.0 Å². The molecule has 0 unspecified atom stereocenters. The molecule has 1 aliphatic carbocycles. The van der Waals surface area contributed by atoms with E-state index in [4.69, 9.17) is 4.74 Å². The van der Waals surface area contributed by atoms with E-state index in [2.05, 4.69) is 10.3 Å². The number of alkyl halides is 2. The van der Waals surface area contributed by atoms with E-state index in [0.717, 1.165) is 17.0 Å². The number of carbonyl (C=O) groups excluding carboxylic acids is 1. The maximum atomic E-state index is 14.6. The van der Waals surface area contributed by atoms with Gasteiger partial charge in [0, 0.05) is 24.4 Å². The number of ether oxygens (including phenoxy) is 1. The molecule has 5 rings (SSSR count). The van der Waals surface area contributed by atoms with Crippen LogP contribution in [0.1, 0.15) is 12.8 Å². The smallest absolute Gasteiger partial charge is 0.265 e. The fourth-order valence-corrected chi connectivity index (χ4v) is 3.67. The number of halogens is 3. The first kappa shape index (κ1) is 18.8. The molecule has 0 bridgehead atoms. The van der Waals surface area contributed by atoms with Gasteiger partial charge < -0.3 is 19.5 Å². The summed E-state index contributed by atoms with van der Waals surface area (Å²) in [6, 6.07) is 7.80.